The minimum atomic E-state index is -0.831. The van der Waals surface area contributed by atoms with Crippen LogP contribution < -0.4 is 9.47 Å². The summed E-state index contributed by atoms with van der Waals surface area (Å²) in [7, 11) is 3.06. The fourth-order valence-corrected chi connectivity index (χ4v) is 1.36. The Balaban J connectivity index is 2.92. The molecule has 0 spiro atoms. The lowest BCUT2D eigenvalue weighted by atomic mass is 10.1. The van der Waals surface area contributed by atoms with E-state index in [1.165, 1.54) is 20.3 Å². The maximum Gasteiger partial charge on any atom is 0.188 e. The molecule has 1 aromatic carbocycles. The summed E-state index contributed by atoms with van der Waals surface area (Å²) in [6.07, 6.45) is 0.581. The molecule has 0 aliphatic heterocycles. The first-order valence-electron chi connectivity index (χ1n) is 5.41. The van der Waals surface area contributed by atoms with Gasteiger partial charge in [-0.05, 0) is 18.2 Å². The summed E-state index contributed by atoms with van der Waals surface area (Å²) in [5.41, 5.74) is 0.565. The van der Waals surface area contributed by atoms with Crippen molar-refractivity contribution in [2.24, 2.45) is 0 Å². The van der Waals surface area contributed by atoms with E-state index in [0.29, 0.717) is 17.1 Å². The maximum atomic E-state index is 9.83. The molecule has 0 bridgehead atoms. The molecule has 1 aromatic rings. The van der Waals surface area contributed by atoms with E-state index in [1.807, 2.05) is 0 Å². The van der Waals surface area contributed by atoms with Gasteiger partial charge in [-0.15, -0.1) is 6.58 Å². The lowest BCUT2D eigenvalue weighted by Crippen LogP contribution is -2.05. The van der Waals surface area contributed by atoms with E-state index >= 15 is 0 Å². The predicted octanol–water partition coefficient (Wildman–Crippen LogP) is 1.87. The highest BCUT2D eigenvalue weighted by Crippen LogP contribution is 2.30. The molecule has 0 fully saturated rings. The zero-order valence-corrected chi connectivity index (χ0v) is 10.6. The molecular weight excluding hydrogens is 236 g/mol. The second-order valence-corrected chi connectivity index (χ2v) is 3.48. The van der Waals surface area contributed by atoms with Crippen LogP contribution in [0.4, 0.5) is 0 Å². The molecule has 100 valence electrons. The van der Waals surface area contributed by atoms with Crippen molar-refractivity contribution in [1.29, 1.82) is 0 Å². The molecule has 0 saturated heterocycles. The molecule has 1 atom stereocenters. The van der Waals surface area contributed by atoms with Crippen molar-refractivity contribution in [3.05, 3.63) is 36.4 Å². The Bertz CT molecular complexity index is 378. The quantitative estimate of drug-likeness (QED) is 0.567. The van der Waals surface area contributed by atoms with Crippen LogP contribution in [0.1, 0.15) is 11.7 Å². The zero-order chi connectivity index (χ0) is 13.4. The lowest BCUT2D eigenvalue weighted by molar-refractivity contribution is 0.0464. The number of ether oxygens (including phenoxy) is 4. The highest BCUT2D eigenvalue weighted by molar-refractivity contribution is 5.42. The Hall–Kier alpha value is -1.56. The number of aliphatic hydroxyl groups is 1. The first kappa shape index (κ1) is 14.5. The molecule has 5 heteroatoms. The summed E-state index contributed by atoms with van der Waals surface area (Å²) in [6, 6.07) is 5.10. The average Bonchev–Trinajstić information content (AvgIpc) is 2.42. The number of rotatable bonds is 8. The third-order valence-electron chi connectivity index (χ3n) is 2.20. The number of aliphatic hydroxyl groups excluding tert-OH is 1. The molecule has 0 unspecified atom stereocenters. The van der Waals surface area contributed by atoms with Crippen LogP contribution >= 0.6 is 0 Å². The Labute approximate surface area is 107 Å². The second-order valence-electron chi connectivity index (χ2n) is 3.48. The molecule has 0 radical (unpaired) electrons. The lowest BCUT2D eigenvalue weighted by Gasteiger charge is -2.15. The van der Waals surface area contributed by atoms with Crippen molar-refractivity contribution in [2.45, 2.75) is 6.10 Å². The molecule has 0 heterocycles. The van der Waals surface area contributed by atoms with Crippen molar-refractivity contribution in [2.75, 3.05) is 27.8 Å². The fraction of sp³-hybridized carbons (Fsp3) is 0.385. The summed E-state index contributed by atoms with van der Waals surface area (Å²) >= 11 is 0. The van der Waals surface area contributed by atoms with Crippen molar-refractivity contribution in [3.63, 3.8) is 0 Å². The van der Waals surface area contributed by atoms with Crippen molar-refractivity contribution in [3.8, 4) is 11.5 Å². The number of methoxy groups -OCH3 is 2. The van der Waals surface area contributed by atoms with E-state index in [1.54, 1.807) is 18.2 Å². The maximum absolute atomic E-state index is 9.83. The molecule has 18 heavy (non-hydrogen) atoms. The predicted molar refractivity (Wildman–Crippen MR) is 66.6 cm³/mol. The molecule has 1 rings (SSSR count). The second kappa shape index (κ2) is 7.71. The van der Waals surface area contributed by atoms with Crippen LogP contribution in [0.25, 0.3) is 0 Å². The van der Waals surface area contributed by atoms with Gasteiger partial charge >= 0.3 is 0 Å². The van der Waals surface area contributed by atoms with E-state index in [2.05, 4.69) is 6.58 Å². The van der Waals surface area contributed by atoms with Gasteiger partial charge < -0.3 is 24.1 Å². The number of benzene rings is 1. The molecule has 0 aromatic heterocycles. The van der Waals surface area contributed by atoms with Crippen LogP contribution in [0.15, 0.2) is 30.9 Å². The Morgan fingerprint density at radius 1 is 1.22 bits per heavy atom. The highest BCUT2D eigenvalue weighted by atomic mass is 16.7. The van der Waals surface area contributed by atoms with Gasteiger partial charge in [-0.3, -0.25) is 0 Å². The summed E-state index contributed by atoms with van der Waals surface area (Å²) < 4.78 is 20.3. The van der Waals surface area contributed by atoms with Gasteiger partial charge in [0.15, 0.2) is 13.6 Å². The SMILES string of the molecule is C=C[C@H](O)c1cc(OCOC)ccc1OCOC. The molecule has 0 aliphatic rings. The summed E-state index contributed by atoms with van der Waals surface area (Å²) in [5.74, 6) is 1.10. The molecule has 5 nitrogen and oxygen atoms in total. The summed E-state index contributed by atoms with van der Waals surface area (Å²) in [6.45, 7) is 3.79. The van der Waals surface area contributed by atoms with Crippen LogP contribution in [-0.4, -0.2) is 32.9 Å². The average molecular weight is 254 g/mol. The van der Waals surface area contributed by atoms with Crippen molar-refractivity contribution in [1.82, 2.24) is 0 Å². The van der Waals surface area contributed by atoms with Crippen molar-refractivity contribution < 1.29 is 24.1 Å². The topological polar surface area (TPSA) is 57.2 Å². The van der Waals surface area contributed by atoms with Gasteiger partial charge in [0.05, 0.1) is 0 Å². The largest absolute Gasteiger partial charge is 0.468 e. The van der Waals surface area contributed by atoms with Crippen molar-refractivity contribution >= 4 is 0 Å². The third-order valence-corrected chi connectivity index (χ3v) is 2.20. The molecule has 0 amide bonds. The molecule has 0 saturated carbocycles. The monoisotopic (exact) mass is 254 g/mol. The van der Waals surface area contributed by atoms with Gasteiger partial charge in [0.1, 0.15) is 17.6 Å². The van der Waals surface area contributed by atoms with E-state index < -0.39 is 6.10 Å². The van der Waals surface area contributed by atoms with Gasteiger partial charge in [-0.1, -0.05) is 6.08 Å². The number of hydrogen-bond acceptors (Lipinski definition) is 5. The van der Waals surface area contributed by atoms with E-state index in [-0.39, 0.29) is 13.6 Å². The van der Waals surface area contributed by atoms with Crippen LogP contribution in [0.3, 0.4) is 0 Å². The van der Waals surface area contributed by atoms with Gasteiger partial charge in [0.2, 0.25) is 0 Å². The highest BCUT2D eigenvalue weighted by Gasteiger charge is 2.12. The van der Waals surface area contributed by atoms with E-state index in [9.17, 15) is 5.11 Å². The normalized spacial score (nSPS) is 11.9. The van der Waals surface area contributed by atoms with E-state index in [0.717, 1.165) is 0 Å². The van der Waals surface area contributed by atoms with Crippen LogP contribution in [0, 0.1) is 0 Å². The Kier molecular flexibility index (Phi) is 6.21. The first-order chi connectivity index (χ1) is 8.72. The minimum Gasteiger partial charge on any atom is -0.468 e. The molecular formula is C13H18O5. The first-order valence-corrected chi connectivity index (χ1v) is 5.41. The van der Waals surface area contributed by atoms with Crippen LogP contribution in [-0.2, 0) is 9.47 Å². The smallest absolute Gasteiger partial charge is 0.188 e. The van der Waals surface area contributed by atoms with Gasteiger partial charge in [0, 0.05) is 19.8 Å². The van der Waals surface area contributed by atoms with Crippen LogP contribution in [0.2, 0.25) is 0 Å². The molecule has 0 aliphatic carbocycles. The zero-order valence-electron chi connectivity index (χ0n) is 10.6. The third kappa shape index (κ3) is 4.03. The minimum absolute atomic E-state index is 0.106. The molecule has 1 N–H and O–H groups in total. The van der Waals surface area contributed by atoms with Gasteiger partial charge in [-0.2, -0.15) is 0 Å². The van der Waals surface area contributed by atoms with E-state index in [4.69, 9.17) is 18.9 Å². The standard InChI is InChI=1S/C13H18O5/c1-4-12(14)11-7-10(17-8-15-2)5-6-13(11)18-9-16-3/h4-7,12,14H,1,8-9H2,2-3H3/t12-/m0/s1. The van der Waals surface area contributed by atoms with Gasteiger partial charge in [0.25, 0.3) is 0 Å². The summed E-state index contributed by atoms with van der Waals surface area (Å²) in [5, 5.41) is 9.83. The number of hydrogen-bond donors (Lipinski definition) is 1. The Morgan fingerprint density at radius 2 is 1.89 bits per heavy atom. The van der Waals surface area contributed by atoms with Crippen LogP contribution in [0.5, 0.6) is 11.5 Å². The van der Waals surface area contributed by atoms with Gasteiger partial charge in [-0.25, -0.2) is 0 Å². The summed E-state index contributed by atoms with van der Waals surface area (Å²) in [4.78, 5) is 0. The fourth-order valence-electron chi connectivity index (χ4n) is 1.36. The Morgan fingerprint density at radius 3 is 2.50 bits per heavy atom.